The summed E-state index contributed by atoms with van der Waals surface area (Å²) in [5.41, 5.74) is 2.24. The maximum Gasteiger partial charge on any atom is 0.0760 e. The Labute approximate surface area is 189 Å². The first-order valence-corrected chi connectivity index (χ1v) is 13.3. The number of hydrogen-bond acceptors (Lipinski definition) is 4. The predicted octanol–water partition coefficient (Wildman–Crippen LogP) is 4.81. The van der Waals surface area contributed by atoms with Crippen LogP contribution in [-0.2, 0) is 9.47 Å². The van der Waals surface area contributed by atoms with E-state index in [4.69, 9.17) is 9.47 Å². The van der Waals surface area contributed by atoms with Gasteiger partial charge in [0.25, 0.3) is 0 Å². The minimum Gasteiger partial charge on any atom is -0.393 e. The average Bonchev–Trinajstić information content (AvgIpc) is 3.38. The number of rotatable bonds is 7. The minimum absolute atomic E-state index is 0.0649. The third-order valence-corrected chi connectivity index (χ3v) is 10.3. The maximum absolute atomic E-state index is 10.7. The van der Waals surface area contributed by atoms with Gasteiger partial charge in [0.05, 0.1) is 32.0 Å². The third kappa shape index (κ3) is 4.16. The van der Waals surface area contributed by atoms with Crippen LogP contribution in [-0.4, -0.2) is 61.7 Å². The highest BCUT2D eigenvalue weighted by molar-refractivity contribution is 5.25. The SMILES string of the molecule is C[C@]12CC[C@H](OCCOCCN3CCCC3)C=C1CCC1C2CC[C@@]2(C)C1CC[C@@H]2O. The van der Waals surface area contributed by atoms with Gasteiger partial charge < -0.3 is 19.5 Å². The lowest BCUT2D eigenvalue weighted by Gasteiger charge is -2.58. The van der Waals surface area contributed by atoms with Crippen LogP contribution in [0.2, 0.25) is 0 Å². The van der Waals surface area contributed by atoms with Crippen LogP contribution < -0.4 is 0 Å². The zero-order valence-electron chi connectivity index (χ0n) is 20.0. The fraction of sp³-hybridized carbons (Fsp3) is 0.926. The van der Waals surface area contributed by atoms with Gasteiger partial charge in [-0.05, 0) is 106 Å². The summed E-state index contributed by atoms with van der Waals surface area (Å²) in [5.74, 6) is 2.37. The van der Waals surface area contributed by atoms with Crippen molar-refractivity contribution in [2.45, 2.75) is 90.3 Å². The Hall–Kier alpha value is -0.420. The molecule has 0 aromatic heterocycles. The average molecular weight is 432 g/mol. The number of fused-ring (bicyclic) bond motifs is 5. The fourth-order valence-electron chi connectivity index (χ4n) is 8.36. The molecule has 1 aliphatic heterocycles. The highest BCUT2D eigenvalue weighted by atomic mass is 16.5. The van der Waals surface area contributed by atoms with E-state index in [2.05, 4.69) is 24.8 Å². The van der Waals surface area contributed by atoms with Gasteiger partial charge in [-0.2, -0.15) is 0 Å². The summed E-state index contributed by atoms with van der Waals surface area (Å²) < 4.78 is 12.1. The first-order valence-electron chi connectivity index (χ1n) is 13.3. The summed E-state index contributed by atoms with van der Waals surface area (Å²) >= 11 is 0. The number of aliphatic hydroxyl groups is 1. The largest absolute Gasteiger partial charge is 0.393 e. The molecule has 0 aromatic carbocycles. The van der Waals surface area contributed by atoms with E-state index in [1.54, 1.807) is 5.57 Å². The molecule has 3 unspecified atom stereocenters. The molecular weight excluding hydrogens is 386 g/mol. The number of allylic oxidation sites excluding steroid dienone is 1. The first-order chi connectivity index (χ1) is 15.0. The summed E-state index contributed by atoms with van der Waals surface area (Å²) in [7, 11) is 0. The topological polar surface area (TPSA) is 41.9 Å². The van der Waals surface area contributed by atoms with Gasteiger partial charge in [-0.25, -0.2) is 0 Å². The van der Waals surface area contributed by atoms with E-state index in [-0.39, 0.29) is 17.6 Å². The molecule has 4 nitrogen and oxygen atoms in total. The lowest BCUT2D eigenvalue weighted by Crippen LogP contribution is -2.51. The van der Waals surface area contributed by atoms with Crippen LogP contribution in [0.25, 0.3) is 0 Å². The molecule has 0 bridgehead atoms. The first kappa shape index (κ1) is 22.4. The molecule has 1 N–H and O–H groups in total. The molecule has 4 heteroatoms. The second kappa shape index (κ2) is 9.08. The Bertz CT molecular complexity index is 659. The Balaban J connectivity index is 1.12. The summed E-state index contributed by atoms with van der Waals surface area (Å²) in [5, 5.41) is 10.7. The fourth-order valence-corrected chi connectivity index (χ4v) is 8.36. The number of aliphatic hydroxyl groups excluding tert-OH is 1. The van der Waals surface area contributed by atoms with Crippen LogP contribution in [0.3, 0.4) is 0 Å². The van der Waals surface area contributed by atoms with Crippen molar-refractivity contribution < 1.29 is 14.6 Å². The smallest absolute Gasteiger partial charge is 0.0760 e. The Morgan fingerprint density at radius 1 is 0.968 bits per heavy atom. The van der Waals surface area contributed by atoms with Crippen molar-refractivity contribution in [1.82, 2.24) is 4.90 Å². The molecule has 31 heavy (non-hydrogen) atoms. The number of nitrogens with zero attached hydrogens (tertiary/aromatic N) is 1. The second-order valence-corrected chi connectivity index (χ2v) is 11.8. The van der Waals surface area contributed by atoms with Gasteiger partial charge in [0, 0.05) is 6.54 Å². The molecule has 7 atom stereocenters. The van der Waals surface area contributed by atoms with Gasteiger partial charge >= 0.3 is 0 Å². The van der Waals surface area contributed by atoms with Gasteiger partial charge in [0.15, 0.2) is 0 Å². The van der Waals surface area contributed by atoms with Gasteiger partial charge in [0.2, 0.25) is 0 Å². The number of hydrogen-bond donors (Lipinski definition) is 1. The van der Waals surface area contributed by atoms with Gasteiger partial charge in [-0.3, -0.25) is 0 Å². The van der Waals surface area contributed by atoms with Crippen LogP contribution in [0.15, 0.2) is 11.6 Å². The van der Waals surface area contributed by atoms with E-state index in [9.17, 15) is 5.11 Å². The Morgan fingerprint density at radius 2 is 1.81 bits per heavy atom. The monoisotopic (exact) mass is 431 g/mol. The van der Waals surface area contributed by atoms with Crippen molar-refractivity contribution in [2.24, 2.45) is 28.6 Å². The highest BCUT2D eigenvalue weighted by Crippen LogP contribution is 2.65. The summed E-state index contributed by atoms with van der Waals surface area (Å²) in [4.78, 5) is 2.50. The van der Waals surface area contributed by atoms with Crippen molar-refractivity contribution in [3.8, 4) is 0 Å². The Kier molecular flexibility index (Phi) is 6.56. The van der Waals surface area contributed by atoms with E-state index in [1.165, 1.54) is 64.5 Å². The lowest BCUT2D eigenvalue weighted by atomic mass is 9.47. The Morgan fingerprint density at radius 3 is 2.65 bits per heavy atom. The molecular formula is C27H45NO3. The molecule has 3 saturated carbocycles. The van der Waals surface area contributed by atoms with Crippen LogP contribution in [0.4, 0.5) is 0 Å². The molecule has 4 fully saturated rings. The van der Waals surface area contributed by atoms with E-state index >= 15 is 0 Å². The summed E-state index contributed by atoms with van der Waals surface area (Å²) in [6.07, 6.45) is 15.2. The van der Waals surface area contributed by atoms with Crippen molar-refractivity contribution in [2.75, 3.05) is 39.5 Å². The molecule has 1 heterocycles. The predicted molar refractivity (Wildman–Crippen MR) is 124 cm³/mol. The van der Waals surface area contributed by atoms with Crippen molar-refractivity contribution in [3.05, 3.63) is 11.6 Å². The minimum atomic E-state index is -0.0649. The molecule has 5 aliphatic rings. The van der Waals surface area contributed by atoms with Crippen molar-refractivity contribution in [1.29, 1.82) is 0 Å². The standard InChI is InChI=1S/C27H45NO3/c1-26-11-9-21(31-18-17-30-16-15-28-13-3-4-14-28)19-20(26)5-6-22-23-7-8-25(29)27(23,2)12-10-24(22)26/h19,21-25,29H,3-18H2,1-2H3/t21-,22?,23?,24?,25-,26-,27-/m0/s1. The maximum atomic E-state index is 10.7. The quantitative estimate of drug-likeness (QED) is 0.464. The van der Waals surface area contributed by atoms with Crippen molar-refractivity contribution in [3.63, 3.8) is 0 Å². The van der Waals surface area contributed by atoms with Crippen molar-refractivity contribution >= 4 is 0 Å². The van der Waals surface area contributed by atoms with E-state index < -0.39 is 0 Å². The normalized spacial score (nSPS) is 45.1. The van der Waals surface area contributed by atoms with Gasteiger partial charge in [-0.1, -0.05) is 25.5 Å². The summed E-state index contributed by atoms with van der Waals surface area (Å²) in [6.45, 7) is 10.8. The molecule has 1 saturated heterocycles. The lowest BCUT2D eigenvalue weighted by molar-refractivity contribution is -0.0789. The molecule has 0 spiro atoms. The molecule has 176 valence electrons. The van der Waals surface area contributed by atoms with Crippen LogP contribution in [0.1, 0.15) is 78.1 Å². The van der Waals surface area contributed by atoms with Gasteiger partial charge in [0.1, 0.15) is 0 Å². The molecule has 0 radical (unpaired) electrons. The van der Waals surface area contributed by atoms with Gasteiger partial charge in [-0.15, -0.1) is 0 Å². The second-order valence-electron chi connectivity index (χ2n) is 11.8. The molecule has 0 amide bonds. The van der Waals surface area contributed by atoms with Crippen LogP contribution >= 0.6 is 0 Å². The summed E-state index contributed by atoms with van der Waals surface area (Å²) in [6, 6.07) is 0. The van der Waals surface area contributed by atoms with E-state index in [0.717, 1.165) is 57.0 Å². The highest BCUT2D eigenvalue weighted by Gasteiger charge is 2.58. The van der Waals surface area contributed by atoms with Crippen LogP contribution in [0, 0.1) is 28.6 Å². The number of ether oxygens (including phenoxy) is 2. The number of likely N-dealkylation sites (tertiary alicyclic amines) is 1. The van der Waals surface area contributed by atoms with E-state index in [1.807, 2.05) is 0 Å². The zero-order valence-corrected chi connectivity index (χ0v) is 20.0. The zero-order chi connectivity index (χ0) is 21.5. The molecule has 5 rings (SSSR count). The van der Waals surface area contributed by atoms with E-state index in [0.29, 0.717) is 5.41 Å². The molecule has 0 aromatic rings. The van der Waals surface area contributed by atoms with Crippen LogP contribution in [0.5, 0.6) is 0 Å². The molecule has 4 aliphatic carbocycles. The third-order valence-electron chi connectivity index (χ3n) is 10.3.